The van der Waals surface area contributed by atoms with E-state index >= 15 is 0 Å². The quantitative estimate of drug-likeness (QED) is 0.775. The molecular formula is C13H14N2O4. The van der Waals surface area contributed by atoms with E-state index in [-0.39, 0.29) is 6.61 Å². The van der Waals surface area contributed by atoms with Gasteiger partial charge in [-0.25, -0.2) is 9.59 Å². The van der Waals surface area contributed by atoms with Gasteiger partial charge in [0.15, 0.2) is 6.04 Å². The molecule has 6 nitrogen and oxygen atoms in total. The van der Waals surface area contributed by atoms with E-state index in [1.807, 2.05) is 30.3 Å². The van der Waals surface area contributed by atoms with Crippen LogP contribution in [0.4, 0.5) is 4.79 Å². The zero-order valence-electron chi connectivity index (χ0n) is 10.5. The van der Waals surface area contributed by atoms with E-state index in [4.69, 9.17) is 4.74 Å². The smallest absolute Gasteiger partial charge is 0.431 e. The van der Waals surface area contributed by atoms with E-state index in [9.17, 15) is 9.59 Å². The Hall–Kier alpha value is -2.37. The number of benzene rings is 1. The molecule has 6 heteroatoms. The SMILES string of the molecule is COC(=O)[C@@H]1CC=NN1C(=O)OCc1ccccc1. The summed E-state index contributed by atoms with van der Waals surface area (Å²) in [4.78, 5) is 23.3. The van der Waals surface area contributed by atoms with Gasteiger partial charge in [0.05, 0.1) is 7.11 Å². The first-order chi connectivity index (χ1) is 9.22. The predicted molar refractivity (Wildman–Crippen MR) is 67.4 cm³/mol. The molecule has 0 aliphatic carbocycles. The summed E-state index contributed by atoms with van der Waals surface area (Å²) in [6.07, 6.45) is 1.17. The van der Waals surface area contributed by atoms with Crippen LogP contribution in [0.15, 0.2) is 35.4 Å². The normalized spacial score (nSPS) is 17.3. The van der Waals surface area contributed by atoms with Crippen LogP contribution >= 0.6 is 0 Å². The molecule has 1 atom stereocenters. The number of carbonyl (C=O) groups excluding carboxylic acids is 2. The van der Waals surface area contributed by atoms with Crippen LogP contribution in [0.3, 0.4) is 0 Å². The van der Waals surface area contributed by atoms with Crippen LogP contribution < -0.4 is 0 Å². The van der Waals surface area contributed by atoms with Crippen molar-refractivity contribution in [3.05, 3.63) is 35.9 Å². The molecule has 0 unspecified atom stereocenters. The van der Waals surface area contributed by atoms with Crippen LogP contribution in [0.2, 0.25) is 0 Å². The second-order valence-corrected chi connectivity index (χ2v) is 3.96. The molecule has 0 saturated heterocycles. The molecule has 1 aromatic rings. The number of esters is 1. The number of carbonyl (C=O) groups is 2. The fourth-order valence-electron chi connectivity index (χ4n) is 1.71. The van der Waals surface area contributed by atoms with Crippen molar-refractivity contribution in [3.8, 4) is 0 Å². The minimum Gasteiger partial charge on any atom is -0.467 e. The van der Waals surface area contributed by atoms with Gasteiger partial charge in [-0.3, -0.25) is 0 Å². The fourth-order valence-corrected chi connectivity index (χ4v) is 1.71. The van der Waals surface area contributed by atoms with Crippen LogP contribution in [0.1, 0.15) is 12.0 Å². The topological polar surface area (TPSA) is 68.2 Å². The lowest BCUT2D eigenvalue weighted by Crippen LogP contribution is -2.39. The summed E-state index contributed by atoms with van der Waals surface area (Å²) in [5.41, 5.74) is 0.869. The summed E-state index contributed by atoms with van der Waals surface area (Å²) in [5, 5.41) is 4.84. The molecule has 1 amide bonds. The van der Waals surface area contributed by atoms with Crippen LogP contribution in [0, 0.1) is 0 Å². The zero-order chi connectivity index (χ0) is 13.7. The third-order valence-corrected chi connectivity index (χ3v) is 2.70. The first kappa shape index (κ1) is 13.1. The number of ether oxygens (including phenoxy) is 2. The summed E-state index contributed by atoms with van der Waals surface area (Å²) in [5.74, 6) is -0.505. The molecule has 1 aliphatic heterocycles. The van der Waals surface area contributed by atoms with Gasteiger partial charge in [-0.05, 0) is 5.56 Å². The zero-order valence-corrected chi connectivity index (χ0v) is 10.5. The summed E-state index contributed by atoms with van der Waals surface area (Å²) in [6, 6.07) is 8.55. The maximum Gasteiger partial charge on any atom is 0.431 e. The molecule has 100 valence electrons. The minimum atomic E-state index is -0.728. The summed E-state index contributed by atoms with van der Waals surface area (Å²) < 4.78 is 9.71. The molecule has 1 aliphatic rings. The molecule has 0 spiro atoms. The number of methoxy groups -OCH3 is 1. The maximum atomic E-state index is 11.8. The van der Waals surface area contributed by atoms with Gasteiger partial charge in [-0.1, -0.05) is 30.3 Å². The molecule has 0 bridgehead atoms. The van der Waals surface area contributed by atoms with Gasteiger partial charge in [-0.15, -0.1) is 0 Å². The van der Waals surface area contributed by atoms with Crippen LogP contribution in [0.5, 0.6) is 0 Å². The second kappa shape index (κ2) is 5.99. The molecule has 1 heterocycles. The van der Waals surface area contributed by atoms with E-state index in [0.717, 1.165) is 10.6 Å². The highest BCUT2D eigenvalue weighted by molar-refractivity contribution is 5.86. The van der Waals surface area contributed by atoms with E-state index in [1.165, 1.54) is 13.3 Å². The van der Waals surface area contributed by atoms with Crippen LogP contribution in [0.25, 0.3) is 0 Å². The number of hydrazone groups is 1. The van der Waals surface area contributed by atoms with Gasteiger partial charge in [0, 0.05) is 12.6 Å². The van der Waals surface area contributed by atoms with Crippen molar-refractivity contribution in [2.45, 2.75) is 19.1 Å². The molecule has 19 heavy (non-hydrogen) atoms. The minimum absolute atomic E-state index is 0.138. The van der Waals surface area contributed by atoms with Crippen molar-refractivity contribution in [2.24, 2.45) is 5.10 Å². The standard InChI is InChI=1S/C13H14N2O4/c1-18-12(16)11-7-8-14-15(11)13(17)19-9-10-5-3-2-4-6-10/h2-6,8,11H,7,9H2,1H3/t11-/m0/s1. The summed E-state index contributed by atoms with van der Waals surface area (Å²) in [6.45, 7) is 0.138. The summed E-state index contributed by atoms with van der Waals surface area (Å²) >= 11 is 0. The van der Waals surface area contributed by atoms with Gasteiger partial charge < -0.3 is 9.47 Å². The Balaban J connectivity index is 1.92. The molecule has 0 aromatic heterocycles. The highest BCUT2D eigenvalue weighted by atomic mass is 16.6. The molecule has 0 N–H and O–H groups in total. The Bertz CT molecular complexity index is 487. The number of amides is 1. The van der Waals surface area contributed by atoms with Gasteiger partial charge >= 0.3 is 12.1 Å². The maximum absolute atomic E-state index is 11.8. The average Bonchev–Trinajstić information content (AvgIpc) is 2.94. The lowest BCUT2D eigenvalue weighted by Gasteiger charge is -2.19. The monoisotopic (exact) mass is 262 g/mol. The van der Waals surface area contributed by atoms with E-state index in [0.29, 0.717) is 6.42 Å². The van der Waals surface area contributed by atoms with Gasteiger partial charge in [0.1, 0.15) is 6.61 Å². The van der Waals surface area contributed by atoms with Gasteiger partial charge in [-0.2, -0.15) is 10.1 Å². The predicted octanol–water partition coefficient (Wildman–Crippen LogP) is 1.56. The van der Waals surface area contributed by atoms with Crippen LogP contribution in [-0.4, -0.2) is 36.4 Å². The Morgan fingerprint density at radius 3 is 2.79 bits per heavy atom. The largest absolute Gasteiger partial charge is 0.467 e. The van der Waals surface area contributed by atoms with Gasteiger partial charge in [0.2, 0.25) is 0 Å². The summed E-state index contributed by atoms with van der Waals surface area (Å²) in [7, 11) is 1.27. The van der Waals surface area contributed by atoms with Crippen molar-refractivity contribution in [3.63, 3.8) is 0 Å². The number of rotatable bonds is 3. The lowest BCUT2D eigenvalue weighted by molar-refractivity contribution is -0.145. The van der Waals surface area contributed by atoms with Crippen molar-refractivity contribution in [1.82, 2.24) is 5.01 Å². The third kappa shape index (κ3) is 3.09. The average molecular weight is 262 g/mol. The molecule has 0 saturated carbocycles. The van der Waals surface area contributed by atoms with E-state index in [1.54, 1.807) is 0 Å². The van der Waals surface area contributed by atoms with Crippen LogP contribution in [-0.2, 0) is 20.9 Å². The highest BCUT2D eigenvalue weighted by Crippen LogP contribution is 2.15. The number of nitrogens with zero attached hydrogens (tertiary/aromatic N) is 2. The lowest BCUT2D eigenvalue weighted by atomic mass is 10.2. The Morgan fingerprint density at radius 2 is 2.11 bits per heavy atom. The van der Waals surface area contributed by atoms with E-state index in [2.05, 4.69) is 9.84 Å². The molecular weight excluding hydrogens is 248 g/mol. The van der Waals surface area contributed by atoms with Crippen molar-refractivity contribution in [2.75, 3.05) is 7.11 Å². The first-order valence-corrected chi connectivity index (χ1v) is 5.82. The van der Waals surface area contributed by atoms with E-state index < -0.39 is 18.1 Å². The van der Waals surface area contributed by atoms with Gasteiger partial charge in [0.25, 0.3) is 0 Å². The number of hydrogen-bond acceptors (Lipinski definition) is 5. The second-order valence-electron chi connectivity index (χ2n) is 3.96. The molecule has 0 fully saturated rings. The van der Waals surface area contributed by atoms with Crippen molar-refractivity contribution < 1.29 is 19.1 Å². The molecule has 1 aromatic carbocycles. The third-order valence-electron chi connectivity index (χ3n) is 2.70. The first-order valence-electron chi connectivity index (χ1n) is 5.82. The highest BCUT2D eigenvalue weighted by Gasteiger charge is 2.34. The molecule has 0 radical (unpaired) electrons. The fraction of sp³-hybridized carbons (Fsp3) is 0.308. The Morgan fingerprint density at radius 1 is 1.37 bits per heavy atom. The number of hydrogen-bond donors (Lipinski definition) is 0. The Labute approximate surface area is 110 Å². The molecule has 2 rings (SSSR count). The Kier molecular flexibility index (Phi) is 4.12. The van der Waals surface area contributed by atoms with Crippen molar-refractivity contribution >= 4 is 18.3 Å². The van der Waals surface area contributed by atoms with Crippen molar-refractivity contribution in [1.29, 1.82) is 0 Å².